The topological polar surface area (TPSA) is 29.5 Å². The fourth-order valence-electron chi connectivity index (χ4n) is 1.84. The molecule has 0 N–H and O–H groups in total. The van der Waals surface area contributed by atoms with E-state index >= 15 is 0 Å². The van der Waals surface area contributed by atoms with E-state index in [9.17, 15) is 4.79 Å². The molecule has 1 aromatic rings. The quantitative estimate of drug-likeness (QED) is 0.582. The average Bonchev–Trinajstić information content (AvgIpc) is 2.47. The second-order valence-electron chi connectivity index (χ2n) is 4.48. The summed E-state index contributed by atoms with van der Waals surface area (Å²) < 4.78 is 4.75. The molecule has 0 unspecified atom stereocenters. The van der Waals surface area contributed by atoms with E-state index < -0.39 is 0 Å². The normalized spacial score (nSPS) is 11.3. The monoisotopic (exact) mass is 261 g/mol. The van der Waals surface area contributed by atoms with Gasteiger partial charge in [-0.2, -0.15) is 0 Å². The summed E-state index contributed by atoms with van der Waals surface area (Å²) >= 11 is 0. The van der Waals surface area contributed by atoms with Gasteiger partial charge in [0.05, 0.1) is 7.11 Å². The molecule has 0 spiro atoms. The van der Waals surface area contributed by atoms with Crippen molar-refractivity contribution in [3.05, 3.63) is 41.5 Å². The van der Waals surface area contributed by atoms with Crippen LogP contribution in [0.4, 0.5) is 5.69 Å². The van der Waals surface area contributed by atoms with E-state index in [4.69, 9.17) is 4.74 Å². The standard InChI is InChI=1S/C16H23NO2/c1-5-13-7-9-15(10-8-13)17(3)12-11-14(6-2)16(18)19-4/h7-11H,5-6,12H2,1-4H3. The molecule has 0 amide bonds. The summed E-state index contributed by atoms with van der Waals surface area (Å²) in [7, 11) is 3.43. The number of methoxy groups -OCH3 is 1. The summed E-state index contributed by atoms with van der Waals surface area (Å²) in [6.07, 6.45) is 3.67. The van der Waals surface area contributed by atoms with Gasteiger partial charge in [0.1, 0.15) is 0 Å². The van der Waals surface area contributed by atoms with E-state index in [1.807, 2.05) is 20.0 Å². The minimum absolute atomic E-state index is 0.239. The lowest BCUT2D eigenvalue weighted by atomic mass is 10.1. The van der Waals surface area contributed by atoms with Gasteiger partial charge < -0.3 is 9.64 Å². The highest BCUT2D eigenvalue weighted by molar-refractivity contribution is 5.88. The summed E-state index contributed by atoms with van der Waals surface area (Å²) in [5.74, 6) is -0.239. The fourth-order valence-corrected chi connectivity index (χ4v) is 1.84. The number of aryl methyl sites for hydroxylation is 1. The predicted octanol–water partition coefficient (Wildman–Crippen LogP) is 3.19. The molecule has 0 bridgehead atoms. The van der Waals surface area contributed by atoms with Crippen molar-refractivity contribution in [1.29, 1.82) is 0 Å². The molecule has 1 rings (SSSR count). The second-order valence-corrected chi connectivity index (χ2v) is 4.48. The van der Waals surface area contributed by atoms with Gasteiger partial charge in [0.25, 0.3) is 0 Å². The zero-order valence-corrected chi connectivity index (χ0v) is 12.3. The maximum absolute atomic E-state index is 11.5. The van der Waals surface area contributed by atoms with Crippen LogP contribution in [0.1, 0.15) is 25.8 Å². The summed E-state index contributed by atoms with van der Waals surface area (Å²) in [4.78, 5) is 13.6. The Morgan fingerprint density at radius 1 is 1.26 bits per heavy atom. The summed E-state index contributed by atoms with van der Waals surface area (Å²) in [5, 5.41) is 0. The molecule has 0 aliphatic rings. The number of likely N-dealkylation sites (N-methyl/N-ethyl adjacent to an activating group) is 1. The number of carbonyl (C=O) groups excluding carboxylic acids is 1. The Balaban J connectivity index is 2.70. The maximum atomic E-state index is 11.5. The van der Waals surface area contributed by atoms with E-state index in [-0.39, 0.29) is 5.97 Å². The maximum Gasteiger partial charge on any atom is 0.333 e. The Bertz CT molecular complexity index is 435. The zero-order valence-electron chi connectivity index (χ0n) is 12.3. The van der Waals surface area contributed by atoms with Crippen molar-refractivity contribution < 1.29 is 9.53 Å². The molecule has 0 atom stereocenters. The highest BCUT2D eigenvalue weighted by Crippen LogP contribution is 2.14. The van der Waals surface area contributed by atoms with Gasteiger partial charge in [0, 0.05) is 24.9 Å². The third-order valence-corrected chi connectivity index (χ3v) is 3.23. The van der Waals surface area contributed by atoms with Crippen molar-refractivity contribution in [2.24, 2.45) is 0 Å². The van der Waals surface area contributed by atoms with E-state index in [0.717, 1.165) is 17.7 Å². The van der Waals surface area contributed by atoms with Crippen molar-refractivity contribution in [2.45, 2.75) is 26.7 Å². The van der Waals surface area contributed by atoms with Gasteiger partial charge in [0.15, 0.2) is 0 Å². The molecule has 0 fully saturated rings. The second kappa shape index (κ2) is 7.62. The number of ether oxygens (including phenoxy) is 1. The van der Waals surface area contributed by atoms with Crippen LogP contribution in [0.5, 0.6) is 0 Å². The van der Waals surface area contributed by atoms with E-state index in [1.54, 1.807) is 0 Å². The molecule has 19 heavy (non-hydrogen) atoms. The van der Waals surface area contributed by atoms with E-state index in [1.165, 1.54) is 12.7 Å². The fraction of sp³-hybridized carbons (Fsp3) is 0.438. The van der Waals surface area contributed by atoms with Gasteiger partial charge in [-0.05, 0) is 30.5 Å². The highest BCUT2D eigenvalue weighted by Gasteiger charge is 2.07. The lowest BCUT2D eigenvalue weighted by molar-refractivity contribution is -0.136. The van der Waals surface area contributed by atoms with Crippen LogP contribution >= 0.6 is 0 Å². The van der Waals surface area contributed by atoms with Crippen LogP contribution in [-0.2, 0) is 16.0 Å². The van der Waals surface area contributed by atoms with Crippen LogP contribution in [0.3, 0.4) is 0 Å². The molecule has 0 aliphatic carbocycles. The Morgan fingerprint density at radius 3 is 2.37 bits per heavy atom. The number of benzene rings is 1. The molecule has 0 radical (unpaired) electrons. The molecular formula is C16H23NO2. The number of rotatable bonds is 6. The van der Waals surface area contributed by atoms with Crippen LogP contribution in [0.15, 0.2) is 35.9 Å². The average molecular weight is 261 g/mol. The Hall–Kier alpha value is -1.77. The minimum Gasteiger partial charge on any atom is -0.466 e. The van der Waals surface area contributed by atoms with Crippen LogP contribution in [0.2, 0.25) is 0 Å². The molecule has 1 aromatic carbocycles. The minimum atomic E-state index is -0.239. The summed E-state index contributed by atoms with van der Waals surface area (Å²) in [6, 6.07) is 8.49. The van der Waals surface area contributed by atoms with Crippen molar-refractivity contribution >= 4 is 11.7 Å². The third kappa shape index (κ3) is 4.43. The lowest BCUT2D eigenvalue weighted by Gasteiger charge is -2.18. The summed E-state index contributed by atoms with van der Waals surface area (Å²) in [5.41, 5.74) is 3.20. The molecular weight excluding hydrogens is 238 g/mol. The molecule has 3 nitrogen and oxygen atoms in total. The number of anilines is 1. The predicted molar refractivity (Wildman–Crippen MR) is 79.5 cm³/mol. The van der Waals surface area contributed by atoms with Gasteiger partial charge in [-0.25, -0.2) is 4.79 Å². The largest absolute Gasteiger partial charge is 0.466 e. The van der Waals surface area contributed by atoms with E-state index in [2.05, 4.69) is 36.1 Å². The molecule has 0 saturated carbocycles. The van der Waals surface area contributed by atoms with Gasteiger partial charge >= 0.3 is 5.97 Å². The SMILES string of the molecule is CCC(=CCN(C)c1ccc(CC)cc1)C(=O)OC. The molecule has 0 aromatic heterocycles. The number of hydrogen-bond donors (Lipinski definition) is 0. The van der Waals surface area contributed by atoms with Crippen LogP contribution in [-0.4, -0.2) is 26.7 Å². The third-order valence-electron chi connectivity index (χ3n) is 3.23. The number of hydrogen-bond acceptors (Lipinski definition) is 3. The molecule has 0 heterocycles. The van der Waals surface area contributed by atoms with Crippen LogP contribution in [0, 0.1) is 0 Å². The van der Waals surface area contributed by atoms with E-state index in [0.29, 0.717) is 13.0 Å². The first kappa shape index (κ1) is 15.3. The van der Waals surface area contributed by atoms with Gasteiger partial charge in [-0.3, -0.25) is 0 Å². The Kier molecular flexibility index (Phi) is 6.13. The van der Waals surface area contributed by atoms with Gasteiger partial charge in [0.2, 0.25) is 0 Å². The Morgan fingerprint density at radius 2 is 1.89 bits per heavy atom. The van der Waals surface area contributed by atoms with Crippen molar-refractivity contribution in [2.75, 3.05) is 25.6 Å². The molecule has 104 valence electrons. The first-order valence-corrected chi connectivity index (χ1v) is 6.69. The Labute approximate surface area is 115 Å². The molecule has 0 aliphatic heterocycles. The smallest absolute Gasteiger partial charge is 0.333 e. The zero-order chi connectivity index (χ0) is 14.3. The van der Waals surface area contributed by atoms with Crippen molar-refractivity contribution in [3.8, 4) is 0 Å². The number of esters is 1. The first-order chi connectivity index (χ1) is 9.12. The molecule has 3 heteroatoms. The molecule has 0 saturated heterocycles. The van der Waals surface area contributed by atoms with Crippen LogP contribution < -0.4 is 4.90 Å². The van der Waals surface area contributed by atoms with Gasteiger partial charge in [-0.15, -0.1) is 0 Å². The van der Waals surface area contributed by atoms with Crippen molar-refractivity contribution in [1.82, 2.24) is 0 Å². The van der Waals surface area contributed by atoms with Crippen molar-refractivity contribution in [3.63, 3.8) is 0 Å². The lowest BCUT2D eigenvalue weighted by Crippen LogP contribution is -2.18. The number of nitrogens with zero attached hydrogens (tertiary/aromatic N) is 1. The first-order valence-electron chi connectivity index (χ1n) is 6.69. The number of carbonyl (C=O) groups is 1. The van der Waals surface area contributed by atoms with Gasteiger partial charge in [-0.1, -0.05) is 32.1 Å². The summed E-state index contributed by atoms with van der Waals surface area (Å²) in [6.45, 7) is 4.80. The highest BCUT2D eigenvalue weighted by atomic mass is 16.5. The van der Waals surface area contributed by atoms with Crippen LogP contribution in [0.25, 0.3) is 0 Å².